The monoisotopic (exact) mass is 228 g/mol. The molecule has 0 unspecified atom stereocenters. The van der Waals surface area contributed by atoms with Crippen LogP contribution in [0.25, 0.3) is 0 Å². The van der Waals surface area contributed by atoms with Gasteiger partial charge in [0.05, 0.1) is 0 Å². The Morgan fingerprint density at radius 1 is 1.12 bits per heavy atom. The molecule has 0 saturated carbocycles. The summed E-state index contributed by atoms with van der Waals surface area (Å²) in [5, 5.41) is 0. The zero-order valence-electron chi connectivity index (χ0n) is 11.0. The molecule has 0 atom stereocenters. The molecule has 94 valence electrons. The Morgan fingerprint density at radius 2 is 1.69 bits per heavy atom. The Hall–Kier alpha value is -0.990. The minimum absolute atomic E-state index is 0.0809. The minimum Gasteiger partial charge on any atom is -0.430 e. The first-order valence-electron chi connectivity index (χ1n) is 5.97. The smallest absolute Gasteiger partial charge is 0.430 e. The van der Waals surface area contributed by atoms with Gasteiger partial charge in [-0.1, -0.05) is 46.8 Å². The Labute approximate surface area is 98.8 Å². The van der Waals surface area contributed by atoms with Gasteiger partial charge in [0.2, 0.25) is 0 Å². The fourth-order valence-corrected chi connectivity index (χ4v) is 1.54. The van der Waals surface area contributed by atoms with Crippen molar-refractivity contribution < 1.29 is 14.3 Å². The van der Waals surface area contributed by atoms with Crippen molar-refractivity contribution in [2.24, 2.45) is 11.8 Å². The molecule has 0 amide bonds. The van der Waals surface area contributed by atoms with Crippen molar-refractivity contribution in [3.05, 3.63) is 12.2 Å². The van der Waals surface area contributed by atoms with E-state index in [-0.39, 0.29) is 12.7 Å². The van der Waals surface area contributed by atoms with Crippen LogP contribution in [0.3, 0.4) is 0 Å². The summed E-state index contributed by atoms with van der Waals surface area (Å²) in [6.45, 7) is 10.5. The van der Waals surface area contributed by atoms with E-state index in [1.165, 1.54) is 0 Å². The van der Waals surface area contributed by atoms with Crippen molar-refractivity contribution >= 4 is 6.16 Å². The fraction of sp³-hybridized carbons (Fsp3) is 0.769. The van der Waals surface area contributed by atoms with E-state index in [4.69, 9.17) is 9.47 Å². The highest BCUT2D eigenvalue weighted by Gasteiger charge is 2.22. The van der Waals surface area contributed by atoms with Crippen molar-refractivity contribution in [1.82, 2.24) is 0 Å². The lowest BCUT2D eigenvalue weighted by Crippen LogP contribution is -2.29. The van der Waals surface area contributed by atoms with Crippen molar-refractivity contribution in [2.45, 2.75) is 47.1 Å². The topological polar surface area (TPSA) is 35.5 Å². The zero-order valence-corrected chi connectivity index (χ0v) is 11.0. The Balaban J connectivity index is 3.96. The van der Waals surface area contributed by atoms with E-state index in [1.54, 1.807) is 0 Å². The van der Waals surface area contributed by atoms with E-state index < -0.39 is 6.16 Å². The highest BCUT2D eigenvalue weighted by molar-refractivity contribution is 5.60. The number of hydrogen-bond acceptors (Lipinski definition) is 3. The summed E-state index contributed by atoms with van der Waals surface area (Å²) in [5.74, 6) is 0.609. The third-order valence-corrected chi connectivity index (χ3v) is 2.25. The van der Waals surface area contributed by atoms with E-state index in [9.17, 15) is 4.79 Å². The number of hydrogen-bond donors (Lipinski definition) is 0. The van der Waals surface area contributed by atoms with Gasteiger partial charge in [-0.25, -0.2) is 4.79 Å². The molecular formula is C13H24O3. The van der Waals surface area contributed by atoms with Crippen LogP contribution in [0.2, 0.25) is 0 Å². The Morgan fingerprint density at radius 3 is 2.12 bits per heavy atom. The molecule has 3 heteroatoms. The maximum Gasteiger partial charge on any atom is 0.508 e. The molecule has 16 heavy (non-hydrogen) atoms. The van der Waals surface area contributed by atoms with Crippen LogP contribution in [0.1, 0.15) is 41.0 Å². The molecule has 0 aliphatic carbocycles. The standard InChI is InChI=1S/C13H24O3/c1-6-7-8-9-15-13(14)16-12(10(2)3)11(4)5/h7-8,10-12H,6,9H2,1-5H3/b8-7-. The molecule has 0 heterocycles. The molecule has 0 aromatic carbocycles. The van der Waals surface area contributed by atoms with Gasteiger partial charge in [0.25, 0.3) is 0 Å². The number of allylic oxidation sites excluding steroid dienone is 1. The van der Waals surface area contributed by atoms with Crippen LogP contribution >= 0.6 is 0 Å². The lowest BCUT2D eigenvalue weighted by atomic mass is 9.96. The molecule has 0 fully saturated rings. The second-order valence-electron chi connectivity index (χ2n) is 4.51. The largest absolute Gasteiger partial charge is 0.508 e. The molecule has 0 aromatic heterocycles. The van der Waals surface area contributed by atoms with Crippen LogP contribution in [0.4, 0.5) is 4.79 Å². The molecular weight excluding hydrogens is 204 g/mol. The first-order chi connectivity index (χ1) is 7.49. The summed E-state index contributed by atoms with van der Waals surface area (Å²) in [5.41, 5.74) is 0. The van der Waals surface area contributed by atoms with Gasteiger partial charge in [-0.3, -0.25) is 0 Å². The van der Waals surface area contributed by atoms with Gasteiger partial charge in [-0.2, -0.15) is 0 Å². The maximum absolute atomic E-state index is 11.3. The fourth-order valence-electron chi connectivity index (χ4n) is 1.54. The van der Waals surface area contributed by atoms with E-state index in [0.717, 1.165) is 6.42 Å². The summed E-state index contributed by atoms with van der Waals surface area (Å²) in [4.78, 5) is 11.3. The van der Waals surface area contributed by atoms with Gasteiger partial charge in [-0.05, 0) is 18.3 Å². The quantitative estimate of drug-likeness (QED) is 0.512. The van der Waals surface area contributed by atoms with E-state index in [1.807, 2.05) is 46.8 Å². The highest BCUT2D eigenvalue weighted by atomic mass is 16.7. The van der Waals surface area contributed by atoms with Gasteiger partial charge in [0.15, 0.2) is 0 Å². The summed E-state index contributed by atoms with van der Waals surface area (Å²) in [6.07, 6.45) is 4.06. The van der Waals surface area contributed by atoms with Crippen LogP contribution in [-0.4, -0.2) is 18.9 Å². The highest BCUT2D eigenvalue weighted by Crippen LogP contribution is 2.16. The van der Waals surface area contributed by atoms with Crippen LogP contribution in [-0.2, 0) is 9.47 Å². The average molecular weight is 228 g/mol. The van der Waals surface area contributed by atoms with Crippen LogP contribution in [0, 0.1) is 11.8 Å². The van der Waals surface area contributed by atoms with Gasteiger partial charge < -0.3 is 9.47 Å². The molecule has 0 saturated heterocycles. The zero-order chi connectivity index (χ0) is 12.6. The van der Waals surface area contributed by atoms with Crippen molar-refractivity contribution in [3.8, 4) is 0 Å². The number of ether oxygens (including phenoxy) is 2. The molecule has 0 radical (unpaired) electrons. The van der Waals surface area contributed by atoms with Gasteiger partial charge in [0.1, 0.15) is 12.7 Å². The predicted octanol–water partition coefficient (Wildman–Crippen LogP) is 3.79. The van der Waals surface area contributed by atoms with Crippen LogP contribution in [0.5, 0.6) is 0 Å². The van der Waals surface area contributed by atoms with E-state index in [0.29, 0.717) is 11.8 Å². The third-order valence-electron chi connectivity index (χ3n) is 2.25. The summed E-state index contributed by atoms with van der Waals surface area (Å²) >= 11 is 0. The average Bonchev–Trinajstić information content (AvgIpc) is 2.20. The van der Waals surface area contributed by atoms with E-state index in [2.05, 4.69) is 0 Å². The molecule has 0 rings (SSSR count). The maximum atomic E-state index is 11.3. The SMILES string of the molecule is CC/C=C\COC(=O)OC(C(C)C)C(C)C. The summed E-state index contributed by atoms with van der Waals surface area (Å²) in [6, 6.07) is 0. The summed E-state index contributed by atoms with van der Waals surface area (Å²) in [7, 11) is 0. The minimum atomic E-state index is -0.576. The molecule has 0 N–H and O–H groups in total. The third kappa shape index (κ3) is 6.49. The second kappa shape index (κ2) is 8.20. The Bertz CT molecular complexity index is 211. The molecule has 3 nitrogen and oxygen atoms in total. The lowest BCUT2D eigenvalue weighted by Gasteiger charge is -2.24. The van der Waals surface area contributed by atoms with Gasteiger partial charge in [-0.15, -0.1) is 0 Å². The summed E-state index contributed by atoms with van der Waals surface area (Å²) < 4.78 is 10.2. The van der Waals surface area contributed by atoms with E-state index >= 15 is 0 Å². The predicted molar refractivity (Wildman–Crippen MR) is 65.3 cm³/mol. The molecule has 0 bridgehead atoms. The molecule has 0 aliphatic heterocycles. The number of carbonyl (C=O) groups is 1. The first-order valence-corrected chi connectivity index (χ1v) is 5.97. The second-order valence-corrected chi connectivity index (χ2v) is 4.51. The first kappa shape index (κ1) is 15.0. The molecule has 0 aliphatic rings. The molecule has 0 spiro atoms. The van der Waals surface area contributed by atoms with Crippen molar-refractivity contribution in [1.29, 1.82) is 0 Å². The van der Waals surface area contributed by atoms with Crippen LogP contribution < -0.4 is 0 Å². The molecule has 0 aromatic rings. The number of carbonyl (C=O) groups excluding carboxylic acids is 1. The lowest BCUT2D eigenvalue weighted by molar-refractivity contribution is -0.00626. The van der Waals surface area contributed by atoms with Gasteiger partial charge >= 0.3 is 6.16 Å². The van der Waals surface area contributed by atoms with Crippen molar-refractivity contribution in [3.63, 3.8) is 0 Å². The van der Waals surface area contributed by atoms with Gasteiger partial charge in [0, 0.05) is 0 Å². The van der Waals surface area contributed by atoms with Crippen molar-refractivity contribution in [2.75, 3.05) is 6.61 Å². The number of rotatable bonds is 6. The van der Waals surface area contributed by atoms with Crippen LogP contribution in [0.15, 0.2) is 12.2 Å². The Kier molecular flexibility index (Phi) is 7.69. The normalized spacial score (nSPS) is 11.8.